The van der Waals surface area contributed by atoms with Gasteiger partial charge >= 0.3 is 12.1 Å². The summed E-state index contributed by atoms with van der Waals surface area (Å²) in [5, 5.41) is 11.7. The van der Waals surface area contributed by atoms with Gasteiger partial charge in [0.25, 0.3) is 0 Å². The van der Waals surface area contributed by atoms with Crippen LogP contribution in [0.2, 0.25) is 0 Å². The van der Waals surface area contributed by atoms with E-state index in [-0.39, 0.29) is 43.4 Å². The lowest BCUT2D eigenvalue weighted by atomic mass is 9.98. The van der Waals surface area contributed by atoms with Gasteiger partial charge in [-0.05, 0) is 47.4 Å². The van der Waals surface area contributed by atoms with E-state index in [1.807, 2.05) is 24.3 Å². The number of carboxylic acids is 1. The number of hydrogen-bond acceptors (Lipinski definition) is 4. The number of fused-ring (bicyclic) bond motifs is 3. The summed E-state index contributed by atoms with van der Waals surface area (Å²) in [5.74, 6) is -0.756. The number of ether oxygens (including phenoxy) is 1. The van der Waals surface area contributed by atoms with Gasteiger partial charge in [-0.3, -0.25) is 9.59 Å². The zero-order valence-corrected chi connectivity index (χ0v) is 18.8. The van der Waals surface area contributed by atoms with Gasteiger partial charge in [-0.1, -0.05) is 48.5 Å². The Morgan fingerprint density at radius 2 is 1.67 bits per heavy atom. The summed E-state index contributed by atoms with van der Waals surface area (Å²) in [4.78, 5) is 37.0. The molecule has 2 aliphatic rings. The molecular weight excluding hydrogens is 420 g/mol. The first-order chi connectivity index (χ1) is 15.9. The summed E-state index contributed by atoms with van der Waals surface area (Å²) >= 11 is 0. The fourth-order valence-electron chi connectivity index (χ4n) is 4.99. The highest BCUT2D eigenvalue weighted by atomic mass is 16.5. The zero-order chi connectivity index (χ0) is 23.4. The Bertz CT molecular complexity index is 991. The van der Waals surface area contributed by atoms with Crippen molar-refractivity contribution >= 4 is 18.0 Å². The number of carbonyl (C=O) groups is 3. The second-order valence-corrected chi connectivity index (χ2v) is 9.01. The van der Waals surface area contributed by atoms with Crippen LogP contribution in [0.4, 0.5) is 4.79 Å². The van der Waals surface area contributed by atoms with Crippen LogP contribution in [-0.4, -0.2) is 54.2 Å². The molecule has 2 atom stereocenters. The molecule has 1 saturated carbocycles. The first-order valence-electron chi connectivity index (χ1n) is 11.5. The van der Waals surface area contributed by atoms with Crippen molar-refractivity contribution in [2.24, 2.45) is 5.92 Å². The van der Waals surface area contributed by atoms with Gasteiger partial charge < -0.3 is 20.1 Å². The third kappa shape index (κ3) is 5.35. The van der Waals surface area contributed by atoms with Crippen molar-refractivity contribution in [1.29, 1.82) is 0 Å². The molecule has 7 nitrogen and oxygen atoms in total. The van der Waals surface area contributed by atoms with E-state index in [2.05, 4.69) is 29.6 Å². The Labute approximate surface area is 193 Å². The van der Waals surface area contributed by atoms with E-state index in [1.165, 1.54) is 27.2 Å². The summed E-state index contributed by atoms with van der Waals surface area (Å²) in [5.41, 5.74) is 4.74. The Balaban J connectivity index is 1.25. The first-order valence-corrected chi connectivity index (χ1v) is 11.5. The standard InChI is InChI=1S/C26H30N2O5/c1-28(13-12-25(30)31)24(29)15-17-10-11-18(14-17)27-26(32)33-16-23-21-8-4-2-6-19(21)20-7-3-5-9-22(20)23/h2-9,17-18,23H,10-16H2,1H3,(H,27,32)(H,30,31)/t17-,18+/m0/s1. The first kappa shape index (κ1) is 22.8. The van der Waals surface area contributed by atoms with Crippen molar-refractivity contribution in [3.05, 3.63) is 59.7 Å². The van der Waals surface area contributed by atoms with Gasteiger partial charge in [0, 0.05) is 32.0 Å². The smallest absolute Gasteiger partial charge is 0.407 e. The topological polar surface area (TPSA) is 95.9 Å². The normalized spacial score (nSPS) is 18.9. The average Bonchev–Trinajstić information content (AvgIpc) is 3.37. The minimum absolute atomic E-state index is 0.0113. The molecule has 0 radical (unpaired) electrons. The van der Waals surface area contributed by atoms with Gasteiger partial charge in [0.1, 0.15) is 6.61 Å². The van der Waals surface area contributed by atoms with Crippen molar-refractivity contribution in [3.63, 3.8) is 0 Å². The van der Waals surface area contributed by atoms with Crippen LogP contribution in [0.3, 0.4) is 0 Å². The predicted molar refractivity (Wildman–Crippen MR) is 124 cm³/mol. The Kier molecular flexibility index (Phi) is 6.96. The fraction of sp³-hybridized carbons (Fsp3) is 0.423. The number of aliphatic carboxylic acids is 1. The molecule has 0 aromatic heterocycles. The van der Waals surface area contributed by atoms with E-state index in [1.54, 1.807) is 7.05 Å². The minimum atomic E-state index is -0.914. The van der Waals surface area contributed by atoms with Crippen LogP contribution in [0, 0.1) is 5.92 Å². The van der Waals surface area contributed by atoms with Crippen LogP contribution in [-0.2, 0) is 14.3 Å². The molecular formula is C26H30N2O5. The molecule has 0 aliphatic heterocycles. The van der Waals surface area contributed by atoms with Crippen LogP contribution in [0.25, 0.3) is 11.1 Å². The number of alkyl carbamates (subject to hydrolysis) is 1. The Morgan fingerprint density at radius 1 is 1.03 bits per heavy atom. The van der Waals surface area contributed by atoms with Crippen LogP contribution < -0.4 is 5.32 Å². The molecule has 4 rings (SSSR count). The number of carbonyl (C=O) groups excluding carboxylic acids is 2. The molecule has 33 heavy (non-hydrogen) atoms. The molecule has 2 amide bonds. The summed E-state index contributed by atoms with van der Waals surface area (Å²) in [6.45, 7) is 0.491. The highest BCUT2D eigenvalue weighted by Crippen LogP contribution is 2.44. The maximum atomic E-state index is 12.5. The van der Waals surface area contributed by atoms with E-state index in [9.17, 15) is 14.4 Å². The lowest BCUT2D eigenvalue weighted by Gasteiger charge is -2.19. The van der Waals surface area contributed by atoms with E-state index >= 15 is 0 Å². The number of amides is 2. The number of rotatable bonds is 8. The second kappa shape index (κ2) is 10.1. The van der Waals surface area contributed by atoms with Crippen molar-refractivity contribution < 1.29 is 24.2 Å². The third-order valence-corrected chi connectivity index (χ3v) is 6.76. The number of hydrogen-bond donors (Lipinski definition) is 2. The Morgan fingerprint density at radius 3 is 2.30 bits per heavy atom. The molecule has 0 unspecified atom stereocenters. The highest BCUT2D eigenvalue weighted by Gasteiger charge is 2.31. The van der Waals surface area contributed by atoms with Crippen LogP contribution >= 0.6 is 0 Å². The Hall–Kier alpha value is -3.35. The van der Waals surface area contributed by atoms with Crippen LogP contribution in [0.1, 0.15) is 49.1 Å². The van der Waals surface area contributed by atoms with Gasteiger partial charge in [-0.25, -0.2) is 4.79 Å². The lowest BCUT2D eigenvalue weighted by Crippen LogP contribution is -2.34. The minimum Gasteiger partial charge on any atom is -0.481 e. The summed E-state index contributed by atoms with van der Waals surface area (Å²) in [6, 6.07) is 16.4. The zero-order valence-electron chi connectivity index (χ0n) is 18.8. The number of nitrogens with one attached hydrogen (secondary N) is 1. The molecule has 0 spiro atoms. The third-order valence-electron chi connectivity index (χ3n) is 6.76. The maximum Gasteiger partial charge on any atom is 0.407 e. The summed E-state index contributed by atoms with van der Waals surface area (Å²) in [7, 11) is 1.63. The summed E-state index contributed by atoms with van der Waals surface area (Å²) in [6.07, 6.45) is 2.28. The fourth-order valence-corrected chi connectivity index (χ4v) is 4.99. The molecule has 174 valence electrons. The molecule has 2 aromatic rings. The lowest BCUT2D eigenvalue weighted by molar-refractivity contribution is -0.138. The van der Waals surface area contributed by atoms with Gasteiger partial charge in [0.05, 0.1) is 6.42 Å². The average molecular weight is 451 g/mol. The molecule has 0 saturated heterocycles. The van der Waals surface area contributed by atoms with E-state index in [0.717, 1.165) is 19.3 Å². The van der Waals surface area contributed by atoms with E-state index < -0.39 is 12.1 Å². The van der Waals surface area contributed by atoms with Crippen LogP contribution in [0.5, 0.6) is 0 Å². The molecule has 1 fully saturated rings. The van der Waals surface area contributed by atoms with Crippen molar-refractivity contribution in [1.82, 2.24) is 10.2 Å². The number of carboxylic acid groups (broad SMARTS) is 1. The quantitative estimate of drug-likeness (QED) is 0.633. The highest BCUT2D eigenvalue weighted by molar-refractivity contribution is 5.79. The van der Waals surface area contributed by atoms with Crippen molar-refractivity contribution in [2.75, 3.05) is 20.2 Å². The van der Waals surface area contributed by atoms with Crippen molar-refractivity contribution in [3.8, 4) is 11.1 Å². The molecule has 2 aromatic carbocycles. The largest absolute Gasteiger partial charge is 0.481 e. The molecule has 2 aliphatic carbocycles. The predicted octanol–water partition coefficient (Wildman–Crippen LogP) is 4.02. The van der Waals surface area contributed by atoms with Crippen LogP contribution in [0.15, 0.2) is 48.5 Å². The molecule has 7 heteroatoms. The second-order valence-electron chi connectivity index (χ2n) is 9.01. The number of nitrogens with zero attached hydrogens (tertiary/aromatic N) is 1. The molecule has 0 heterocycles. The van der Waals surface area contributed by atoms with Gasteiger partial charge in [0.15, 0.2) is 0 Å². The number of benzene rings is 2. The summed E-state index contributed by atoms with van der Waals surface area (Å²) < 4.78 is 5.63. The SMILES string of the molecule is CN(CCC(=O)O)C(=O)C[C@H]1CC[C@@H](NC(=O)OCC2c3ccccc3-c3ccccc32)C1. The monoisotopic (exact) mass is 450 g/mol. The van der Waals surface area contributed by atoms with Gasteiger partial charge in [0.2, 0.25) is 5.91 Å². The van der Waals surface area contributed by atoms with E-state index in [0.29, 0.717) is 6.42 Å². The van der Waals surface area contributed by atoms with Crippen molar-refractivity contribution in [2.45, 2.75) is 44.1 Å². The maximum absolute atomic E-state index is 12.5. The van der Waals surface area contributed by atoms with E-state index in [4.69, 9.17) is 9.84 Å². The molecule has 0 bridgehead atoms. The molecule has 2 N–H and O–H groups in total. The van der Waals surface area contributed by atoms with Gasteiger partial charge in [-0.2, -0.15) is 0 Å². The van der Waals surface area contributed by atoms with Gasteiger partial charge in [-0.15, -0.1) is 0 Å².